The highest BCUT2D eigenvalue weighted by Gasteiger charge is 2.08. The molecule has 2 rings (SSSR count). The summed E-state index contributed by atoms with van der Waals surface area (Å²) in [5, 5.41) is 3.56. The molecule has 1 heterocycles. The number of rotatable bonds is 3. The minimum Gasteiger partial charge on any atom is -0.455 e. The fraction of sp³-hybridized carbons (Fsp3) is 0. The smallest absolute Gasteiger partial charge is 0.329 e. The number of nitrogens with two attached hydrogens (primary N) is 1. The monoisotopic (exact) mass is 335 g/mol. The number of carbonyl (C=O) groups is 2. The lowest BCUT2D eigenvalue weighted by atomic mass is 10.2. The molecule has 0 fully saturated rings. The number of halogens is 1. The molecule has 0 aliphatic rings. The van der Waals surface area contributed by atoms with Crippen molar-refractivity contribution in [2.24, 2.45) is 10.8 Å². The van der Waals surface area contributed by atoms with Gasteiger partial charge in [-0.05, 0) is 18.2 Å². The fourth-order valence-corrected chi connectivity index (χ4v) is 1.92. The quantitative estimate of drug-likeness (QED) is 0.506. The van der Waals surface area contributed by atoms with Crippen LogP contribution in [-0.4, -0.2) is 18.0 Å². The number of hydrogen-bond acceptors (Lipinski definition) is 4. The van der Waals surface area contributed by atoms with E-state index in [9.17, 15) is 9.59 Å². The van der Waals surface area contributed by atoms with Crippen LogP contribution >= 0.6 is 15.9 Å². The summed E-state index contributed by atoms with van der Waals surface area (Å²) in [6, 6.07) is 11.1. The first-order valence-electron chi connectivity index (χ1n) is 5.55. The molecule has 7 heteroatoms. The molecule has 1 aromatic heterocycles. The molecule has 102 valence electrons. The predicted molar refractivity (Wildman–Crippen MR) is 76.8 cm³/mol. The molecule has 0 radical (unpaired) electrons. The van der Waals surface area contributed by atoms with Crippen LogP contribution < -0.4 is 11.2 Å². The van der Waals surface area contributed by atoms with Gasteiger partial charge in [-0.25, -0.2) is 5.43 Å². The van der Waals surface area contributed by atoms with Crippen molar-refractivity contribution in [2.75, 3.05) is 0 Å². The molecular weight excluding hydrogens is 326 g/mol. The number of hydrazone groups is 1. The highest BCUT2D eigenvalue weighted by molar-refractivity contribution is 9.10. The van der Waals surface area contributed by atoms with E-state index < -0.39 is 11.8 Å². The topological polar surface area (TPSA) is 97.7 Å². The van der Waals surface area contributed by atoms with Gasteiger partial charge in [0.2, 0.25) is 0 Å². The summed E-state index contributed by atoms with van der Waals surface area (Å²) in [6.45, 7) is 0. The average Bonchev–Trinajstić information content (AvgIpc) is 2.87. The Kier molecular flexibility index (Phi) is 4.31. The van der Waals surface area contributed by atoms with E-state index in [4.69, 9.17) is 10.2 Å². The second-order valence-electron chi connectivity index (χ2n) is 3.75. The number of amides is 2. The van der Waals surface area contributed by atoms with Crippen LogP contribution in [0.5, 0.6) is 0 Å². The van der Waals surface area contributed by atoms with Gasteiger partial charge in [-0.15, -0.1) is 0 Å². The number of nitrogens with one attached hydrogen (secondary N) is 1. The van der Waals surface area contributed by atoms with E-state index in [1.807, 2.05) is 29.7 Å². The van der Waals surface area contributed by atoms with E-state index in [-0.39, 0.29) is 0 Å². The summed E-state index contributed by atoms with van der Waals surface area (Å²) in [5.41, 5.74) is 7.63. The van der Waals surface area contributed by atoms with Crippen molar-refractivity contribution in [3.63, 3.8) is 0 Å². The van der Waals surface area contributed by atoms with Crippen LogP contribution in [0, 0.1) is 0 Å². The van der Waals surface area contributed by atoms with Crippen molar-refractivity contribution in [2.45, 2.75) is 0 Å². The molecule has 3 N–H and O–H groups in total. The van der Waals surface area contributed by atoms with Crippen LogP contribution in [0.15, 0.2) is 50.4 Å². The first-order chi connectivity index (χ1) is 9.58. The Hall–Kier alpha value is -2.41. The summed E-state index contributed by atoms with van der Waals surface area (Å²) in [4.78, 5) is 21.3. The summed E-state index contributed by atoms with van der Waals surface area (Å²) < 4.78 is 6.45. The molecule has 0 unspecified atom stereocenters. The van der Waals surface area contributed by atoms with Gasteiger partial charge in [0.05, 0.1) is 6.21 Å². The SMILES string of the molecule is NC(=O)C(=O)N/N=C\c1ccc(-c2ccccc2Br)o1. The number of furan rings is 1. The van der Waals surface area contributed by atoms with Crippen LogP contribution in [0.1, 0.15) is 5.76 Å². The average molecular weight is 336 g/mol. The molecule has 6 nitrogen and oxygen atoms in total. The van der Waals surface area contributed by atoms with Gasteiger partial charge in [-0.1, -0.05) is 34.1 Å². The lowest BCUT2D eigenvalue weighted by Gasteiger charge is -1.99. The number of nitrogens with zero attached hydrogens (tertiary/aromatic N) is 1. The highest BCUT2D eigenvalue weighted by Crippen LogP contribution is 2.28. The third-order valence-corrected chi connectivity index (χ3v) is 3.04. The maximum atomic E-state index is 10.9. The van der Waals surface area contributed by atoms with E-state index in [0.717, 1.165) is 10.0 Å². The minimum absolute atomic E-state index is 0.431. The molecule has 0 saturated heterocycles. The second kappa shape index (κ2) is 6.16. The van der Waals surface area contributed by atoms with Gasteiger partial charge in [0, 0.05) is 10.0 Å². The van der Waals surface area contributed by atoms with Crippen LogP contribution in [0.2, 0.25) is 0 Å². The number of primary amides is 1. The van der Waals surface area contributed by atoms with Crippen LogP contribution in [-0.2, 0) is 9.59 Å². The molecule has 1 aromatic carbocycles. The highest BCUT2D eigenvalue weighted by atomic mass is 79.9. The first-order valence-corrected chi connectivity index (χ1v) is 6.35. The van der Waals surface area contributed by atoms with Crippen LogP contribution in [0.3, 0.4) is 0 Å². The zero-order chi connectivity index (χ0) is 14.5. The normalized spacial score (nSPS) is 10.7. The van der Waals surface area contributed by atoms with Gasteiger partial charge >= 0.3 is 11.8 Å². The lowest BCUT2D eigenvalue weighted by molar-refractivity contribution is -0.137. The molecule has 0 aliphatic carbocycles. The zero-order valence-corrected chi connectivity index (χ0v) is 11.8. The molecule has 0 aliphatic heterocycles. The van der Waals surface area contributed by atoms with Gasteiger partial charge in [-0.3, -0.25) is 9.59 Å². The van der Waals surface area contributed by atoms with E-state index >= 15 is 0 Å². The van der Waals surface area contributed by atoms with Crippen molar-refractivity contribution in [1.82, 2.24) is 5.43 Å². The maximum absolute atomic E-state index is 10.9. The molecule has 20 heavy (non-hydrogen) atoms. The number of benzene rings is 1. The van der Waals surface area contributed by atoms with Crippen molar-refractivity contribution >= 4 is 34.0 Å². The van der Waals surface area contributed by atoms with Gasteiger partial charge in [0.1, 0.15) is 11.5 Å². The van der Waals surface area contributed by atoms with E-state index in [0.29, 0.717) is 11.5 Å². The van der Waals surface area contributed by atoms with E-state index in [1.165, 1.54) is 6.21 Å². The summed E-state index contributed by atoms with van der Waals surface area (Å²) in [7, 11) is 0. The Bertz CT molecular complexity index is 679. The third kappa shape index (κ3) is 3.33. The third-order valence-electron chi connectivity index (χ3n) is 2.35. The maximum Gasteiger partial charge on any atom is 0.329 e. The van der Waals surface area contributed by atoms with Crippen LogP contribution in [0.25, 0.3) is 11.3 Å². The van der Waals surface area contributed by atoms with Gasteiger partial charge < -0.3 is 10.2 Å². The molecule has 0 atom stereocenters. The number of carbonyl (C=O) groups excluding carboxylic acids is 2. The summed E-state index contributed by atoms with van der Waals surface area (Å²) in [6.07, 6.45) is 1.28. The van der Waals surface area contributed by atoms with Crippen molar-refractivity contribution < 1.29 is 14.0 Å². The minimum atomic E-state index is -1.10. The Morgan fingerprint density at radius 1 is 1.25 bits per heavy atom. The summed E-state index contributed by atoms with van der Waals surface area (Å²) in [5.74, 6) is -1.00. The van der Waals surface area contributed by atoms with Crippen molar-refractivity contribution in [3.8, 4) is 11.3 Å². The molecule has 2 amide bonds. The number of hydrogen-bond donors (Lipinski definition) is 2. The van der Waals surface area contributed by atoms with Gasteiger partial charge in [0.15, 0.2) is 0 Å². The molecular formula is C13H10BrN3O3. The lowest BCUT2D eigenvalue weighted by Crippen LogP contribution is -2.32. The summed E-state index contributed by atoms with van der Waals surface area (Å²) >= 11 is 3.43. The van der Waals surface area contributed by atoms with Gasteiger partial charge in [0.25, 0.3) is 0 Å². The van der Waals surface area contributed by atoms with Crippen molar-refractivity contribution in [3.05, 3.63) is 46.6 Å². The largest absolute Gasteiger partial charge is 0.455 e. The molecule has 0 spiro atoms. The Labute approximate surface area is 122 Å². The first kappa shape index (κ1) is 14.0. The fourth-order valence-electron chi connectivity index (χ4n) is 1.44. The van der Waals surface area contributed by atoms with Gasteiger partial charge in [-0.2, -0.15) is 5.10 Å². The van der Waals surface area contributed by atoms with E-state index in [1.54, 1.807) is 12.1 Å². The van der Waals surface area contributed by atoms with E-state index in [2.05, 4.69) is 21.0 Å². The molecule has 2 aromatic rings. The predicted octanol–water partition coefficient (Wildman–Crippen LogP) is 1.64. The molecule has 0 saturated carbocycles. The Balaban J connectivity index is 2.10. The van der Waals surface area contributed by atoms with Crippen molar-refractivity contribution in [1.29, 1.82) is 0 Å². The molecule has 0 bridgehead atoms. The van der Waals surface area contributed by atoms with Crippen LogP contribution in [0.4, 0.5) is 0 Å². The Morgan fingerprint density at radius 2 is 2.00 bits per heavy atom. The second-order valence-corrected chi connectivity index (χ2v) is 4.60. The Morgan fingerprint density at radius 3 is 2.70 bits per heavy atom. The zero-order valence-electron chi connectivity index (χ0n) is 10.2. The standard InChI is InChI=1S/C13H10BrN3O3/c14-10-4-2-1-3-9(10)11-6-5-8(20-11)7-16-17-13(19)12(15)18/h1-7H,(H2,15,18)(H,17,19)/b16-7-.